The van der Waals surface area contributed by atoms with Crippen molar-refractivity contribution in [3.8, 4) is 0 Å². The average Bonchev–Trinajstić information content (AvgIpc) is 2.86. The molecular formula is C32H47N3O4. The Labute approximate surface area is 234 Å². The van der Waals surface area contributed by atoms with E-state index in [1.165, 1.54) is 0 Å². The second-order valence-electron chi connectivity index (χ2n) is 11.7. The monoisotopic (exact) mass is 537 g/mol. The van der Waals surface area contributed by atoms with E-state index in [0.717, 1.165) is 29.5 Å². The first-order chi connectivity index (χ1) is 18.3. The number of amides is 3. The van der Waals surface area contributed by atoms with E-state index in [2.05, 4.69) is 17.6 Å². The van der Waals surface area contributed by atoms with Gasteiger partial charge in [-0.2, -0.15) is 0 Å². The van der Waals surface area contributed by atoms with Gasteiger partial charge in [0.2, 0.25) is 11.8 Å². The van der Waals surface area contributed by atoms with E-state index in [1.807, 2.05) is 82.3 Å². The third-order valence-electron chi connectivity index (χ3n) is 6.72. The van der Waals surface area contributed by atoms with Crippen LogP contribution in [0.5, 0.6) is 0 Å². The summed E-state index contributed by atoms with van der Waals surface area (Å²) in [7, 11) is 0. The number of benzene rings is 2. The van der Waals surface area contributed by atoms with E-state index < -0.39 is 29.3 Å². The lowest BCUT2D eigenvalue weighted by atomic mass is 9.90. The Morgan fingerprint density at radius 1 is 0.949 bits per heavy atom. The van der Waals surface area contributed by atoms with E-state index in [0.29, 0.717) is 13.0 Å². The van der Waals surface area contributed by atoms with E-state index >= 15 is 0 Å². The van der Waals surface area contributed by atoms with Crippen LogP contribution in [-0.4, -0.2) is 46.5 Å². The van der Waals surface area contributed by atoms with E-state index in [4.69, 9.17) is 4.74 Å². The molecule has 0 radical (unpaired) electrons. The Kier molecular flexibility index (Phi) is 11.6. The highest BCUT2D eigenvalue weighted by Crippen LogP contribution is 2.33. The molecule has 7 nitrogen and oxygen atoms in total. The lowest BCUT2D eigenvalue weighted by Crippen LogP contribution is -2.60. The van der Waals surface area contributed by atoms with E-state index in [1.54, 1.807) is 25.7 Å². The number of hydrogen-bond acceptors (Lipinski definition) is 4. The topological polar surface area (TPSA) is 87.7 Å². The highest BCUT2D eigenvalue weighted by atomic mass is 16.6. The predicted octanol–water partition coefficient (Wildman–Crippen LogP) is 6.11. The van der Waals surface area contributed by atoms with Crippen molar-refractivity contribution in [3.63, 3.8) is 0 Å². The van der Waals surface area contributed by atoms with Gasteiger partial charge in [0.1, 0.15) is 17.7 Å². The Hall–Kier alpha value is -3.35. The fraction of sp³-hybridized carbons (Fsp3) is 0.531. The van der Waals surface area contributed by atoms with Gasteiger partial charge in [-0.1, -0.05) is 80.4 Å². The summed E-state index contributed by atoms with van der Waals surface area (Å²) in [5, 5.41) is 5.87. The molecule has 39 heavy (non-hydrogen) atoms. The van der Waals surface area contributed by atoms with Crippen LogP contribution in [0.4, 0.5) is 4.79 Å². The summed E-state index contributed by atoms with van der Waals surface area (Å²) in [6, 6.07) is 15.4. The van der Waals surface area contributed by atoms with Gasteiger partial charge in [0, 0.05) is 18.5 Å². The van der Waals surface area contributed by atoms with Gasteiger partial charge in [-0.15, -0.1) is 0 Å². The van der Waals surface area contributed by atoms with Crippen molar-refractivity contribution in [1.82, 2.24) is 15.5 Å². The van der Waals surface area contributed by atoms with Crippen LogP contribution < -0.4 is 10.6 Å². The lowest BCUT2D eigenvalue weighted by molar-refractivity contribution is -0.149. The molecule has 0 aromatic heterocycles. The number of aryl methyl sites for hydroxylation is 1. The number of carbonyl (C=O) groups is 3. The van der Waals surface area contributed by atoms with Crippen molar-refractivity contribution in [2.24, 2.45) is 0 Å². The maximum absolute atomic E-state index is 14.6. The van der Waals surface area contributed by atoms with Gasteiger partial charge in [-0.3, -0.25) is 9.59 Å². The molecule has 0 bridgehead atoms. The first kappa shape index (κ1) is 31.9. The molecule has 214 valence electrons. The molecule has 2 unspecified atom stereocenters. The Balaban J connectivity index is 2.61. The van der Waals surface area contributed by atoms with Crippen LogP contribution in [0.2, 0.25) is 0 Å². The van der Waals surface area contributed by atoms with Crippen molar-refractivity contribution < 1.29 is 19.1 Å². The van der Waals surface area contributed by atoms with Gasteiger partial charge in [0.05, 0.1) is 0 Å². The molecule has 2 aromatic carbocycles. The number of alkyl carbamates (subject to hydrolysis) is 1. The maximum Gasteiger partial charge on any atom is 0.408 e. The highest BCUT2D eigenvalue weighted by molar-refractivity contribution is 5.93. The summed E-state index contributed by atoms with van der Waals surface area (Å²) in [6.45, 7) is 15.8. The number of carbonyl (C=O) groups excluding carboxylic acids is 3. The molecule has 7 heteroatoms. The summed E-state index contributed by atoms with van der Waals surface area (Å²) in [6.07, 6.45) is 1.97. The van der Waals surface area contributed by atoms with Crippen LogP contribution in [0.1, 0.15) is 90.5 Å². The first-order valence-corrected chi connectivity index (χ1v) is 14.0. The minimum absolute atomic E-state index is 0.236. The van der Waals surface area contributed by atoms with Crippen molar-refractivity contribution in [2.75, 3.05) is 6.54 Å². The Morgan fingerprint density at radius 3 is 2.18 bits per heavy atom. The number of nitrogens with zero attached hydrogens (tertiary/aromatic N) is 1. The van der Waals surface area contributed by atoms with Gasteiger partial charge in [0.25, 0.3) is 0 Å². The number of nitrogens with one attached hydrogen (secondary N) is 2. The van der Waals surface area contributed by atoms with Gasteiger partial charge in [-0.25, -0.2) is 4.79 Å². The van der Waals surface area contributed by atoms with Crippen molar-refractivity contribution in [3.05, 3.63) is 71.3 Å². The summed E-state index contributed by atoms with van der Waals surface area (Å²) in [5.41, 5.74) is 1.19. The Bertz CT molecular complexity index is 1090. The number of hydrogen-bond donors (Lipinski definition) is 2. The molecule has 2 N–H and O–H groups in total. The molecule has 0 heterocycles. The van der Waals surface area contributed by atoms with E-state index in [9.17, 15) is 14.4 Å². The zero-order valence-electron chi connectivity index (χ0n) is 25.0. The van der Waals surface area contributed by atoms with Gasteiger partial charge in [-0.05, 0) is 65.5 Å². The summed E-state index contributed by atoms with van der Waals surface area (Å²) >= 11 is 0. The molecule has 0 saturated heterocycles. The molecule has 2 aromatic rings. The normalized spacial score (nSPS) is 13.2. The molecule has 0 saturated carbocycles. The maximum atomic E-state index is 14.6. The molecule has 3 amide bonds. The lowest BCUT2D eigenvalue weighted by Gasteiger charge is -2.44. The fourth-order valence-corrected chi connectivity index (χ4v) is 4.36. The smallest absolute Gasteiger partial charge is 0.408 e. The van der Waals surface area contributed by atoms with Crippen LogP contribution in [-0.2, 0) is 20.7 Å². The fourth-order valence-electron chi connectivity index (χ4n) is 4.36. The van der Waals surface area contributed by atoms with Crippen molar-refractivity contribution >= 4 is 17.9 Å². The molecule has 0 spiro atoms. The number of unbranched alkanes of at least 4 members (excludes halogenated alkanes) is 1. The largest absolute Gasteiger partial charge is 0.444 e. The minimum Gasteiger partial charge on any atom is -0.444 e. The SMILES string of the molecule is CCCCNC(=O)C(c1cccc(C)c1)N(C(=O)C(Cc1ccccc1)NC(=O)OC(C)(C)C)C(C)(C)CC. The molecule has 0 aliphatic rings. The third kappa shape index (κ3) is 9.72. The average molecular weight is 538 g/mol. The Morgan fingerprint density at radius 2 is 1.62 bits per heavy atom. The molecule has 0 aliphatic carbocycles. The summed E-state index contributed by atoms with van der Waals surface area (Å²) < 4.78 is 5.52. The molecule has 0 aliphatic heterocycles. The van der Waals surface area contributed by atoms with Crippen LogP contribution >= 0.6 is 0 Å². The van der Waals surface area contributed by atoms with Crippen molar-refractivity contribution in [1.29, 1.82) is 0 Å². The summed E-state index contributed by atoms with van der Waals surface area (Å²) in [4.78, 5) is 43.0. The predicted molar refractivity (Wildman–Crippen MR) is 156 cm³/mol. The van der Waals surface area contributed by atoms with E-state index in [-0.39, 0.29) is 18.2 Å². The number of ether oxygens (including phenoxy) is 1. The first-order valence-electron chi connectivity index (χ1n) is 14.0. The van der Waals surface area contributed by atoms with Crippen LogP contribution in [0, 0.1) is 6.92 Å². The molecular weight excluding hydrogens is 490 g/mol. The second-order valence-corrected chi connectivity index (χ2v) is 11.7. The van der Waals surface area contributed by atoms with Gasteiger partial charge < -0.3 is 20.3 Å². The van der Waals surface area contributed by atoms with Crippen molar-refractivity contribution in [2.45, 2.75) is 104 Å². The standard InChI is InChI=1S/C32H47N3O4/c1-9-11-20-33-28(36)27(25-19-15-16-23(3)21-25)35(32(7,8)10-2)29(37)26(22-24-17-13-12-14-18-24)34-30(38)39-31(4,5)6/h12-19,21,26-27H,9-11,20,22H2,1-8H3,(H,33,36)(H,34,38). The number of rotatable bonds is 12. The summed E-state index contributed by atoms with van der Waals surface area (Å²) in [5.74, 6) is -0.576. The highest BCUT2D eigenvalue weighted by Gasteiger charge is 2.43. The van der Waals surface area contributed by atoms with Gasteiger partial charge >= 0.3 is 6.09 Å². The van der Waals surface area contributed by atoms with Gasteiger partial charge in [0.15, 0.2) is 0 Å². The quantitative estimate of drug-likeness (QED) is 0.320. The second kappa shape index (κ2) is 14.2. The third-order valence-corrected chi connectivity index (χ3v) is 6.72. The molecule has 0 fully saturated rings. The van der Waals surface area contributed by atoms with Crippen LogP contribution in [0.15, 0.2) is 54.6 Å². The van der Waals surface area contributed by atoms with Crippen LogP contribution in [0.3, 0.4) is 0 Å². The molecule has 2 rings (SSSR count). The minimum atomic E-state index is -0.941. The van der Waals surface area contributed by atoms with Crippen LogP contribution in [0.25, 0.3) is 0 Å². The molecule has 2 atom stereocenters. The zero-order valence-corrected chi connectivity index (χ0v) is 25.0. The zero-order chi connectivity index (χ0) is 29.2.